The highest BCUT2D eigenvalue weighted by atomic mass is 16.7. The SMILES string of the molecule is C=C/C(=C\C)c1cc(B2OC(C)(C)C(C)(C)O2)cc(-c2cc(-c3ccc(C(C)(C)CC(C)(C)C)cc3)c(C)c(-c3ccc(C(C)(C)CC(C)(C)C)cc3)c2)c1C. The molecule has 0 aliphatic carbocycles. The highest BCUT2D eigenvalue weighted by molar-refractivity contribution is 6.62. The van der Waals surface area contributed by atoms with E-state index < -0.39 is 18.3 Å². The molecule has 0 amide bonds. The van der Waals surface area contributed by atoms with E-state index in [1.807, 2.05) is 6.08 Å². The number of benzene rings is 4. The Labute approximate surface area is 342 Å². The molecule has 0 bridgehead atoms. The minimum atomic E-state index is -0.488. The second-order valence-corrected chi connectivity index (χ2v) is 21.4. The van der Waals surface area contributed by atoms with E-state index in [1.54, 1.807) is 0 Å². The molecule has 0 saturated carbocycles. The first kappa shape index (κ1) is 43.5. The summed E-state index contributed by atoms with van der Waals surface area (Å²) in [6.45, 7) is 42.8. The van der Waals surface area contributed by atoms with E-state index in [2.05, 4.69) is 203 Å². The molecule has 1 fully saturated rings. The first-order chi connectivity index (χ1) is 25.7. The molecule has 1 heterocycles. The third-order valence-corrected chi connectivity index (χ3v) is 12.4. The largest absolute Gasteiger partial charge is 0.494 e. The third-order valence-electron chi connectivity index (χ3n) is 12.4. The fourth-order valence-electron chi connectivity index (χ4n) is 9.36. The van der Waals surface area contributed by atoms with Gasteiger partial charge in [0.2, 0.25) is 0 Å². The van der Waals surface area contributed by atoms with Crippen molar-refractivity contribution in [2.24, 2.45) is 10.8 Å². The van der Waals surface area contributed by atoms with Gasteiger partial charge in [0.1, 0.15) is 0 Å². The van der Waals surface area contributed by atoms with Crippen molar-refractivity contribution in [2.75, 3.05) is 0 Å². The Morgan fingerprint density at radius 3 is 1.34 bits per heavy atom. The second kappa shape index (κ2) is 15.3. The first-order valence-corrected chi connectivity index (χ1v) is 20.8. The zero-order valence-electron chi connectivity index (χ0n) is 38.1. The molecular formula is C53H71BO2. The van der Waals surface area contributed by atoms with Gasteiger partial charge in [0, 0.05) is 0 Å². The van der Waals surface area contributed by atoms with E-state index >= 15 is 0 Å². The summed E-state index contributed by atoms with van der Waals surface area (Å²) in [5.41, 5.74) is 15.5. The summed E-state index contributed by atoms with van der Waals surface area (Å²) in [6.07, 6.45) is 6.32. The van der Waals surface area contributed by atoms with Gasteiger partial charge in [-0.05, 0) is 167 Å². The maximum atomic E-state index is 6.66. The number of hydrogen-bond donors (Lipinski definition) is 0. The smallest absolute Gasteiger partial charge is 0.399 e. The summed E-state index contributed by atoms with van der Waals surface area (Å²) in [5.74, 6) is 0. The van der Waals surface area contributed by atoms with Crippen LogP contribution in [0.3, 0.4) is 0 Å². The van der Waals surface area contributed by atoms with Gasteiger partial charge >= 0.3 is 7.12 Å². The normalized spacial score (nSPS) is 16.4. The molecule has 0 atom stereocenters. The van der Waals surface area contributed by atoms with Gasteiger partial charge in [0.25, 0.3) is 0 Å². The van der Waals surface area contributed by atoms with Crippen LogP contribution in [-0.4, -0.2) is 18.3 Å². The summed E-state index contributed by atoms with van der Waals surface area (Å²) in [7, 11) is -0.488. The van der Waals surface area contributed by atoms with E-state index in [0.29, 0.717) is 0 Å². The minimum absolute atomic E-state index is 0.0679. The number of allylic oxidation sites excluding steroid dienone is 3. The van der Waals surface area contributed by atoms with Crippen molar-refractivity contribution in [3.8, 4) is 33.4 Å². The van der Waals surface area contributed by atoms with Gasteiger partial charge in [0.15, 0.2) is 0 Å². The molecule has 3 heteroatoms. The Balaban J connectivity index is 1.75. The molecule has 56 heavy (non-hydrogen) atoms. The zero-order chi connectivity index (χ0) is 41.8. The van der Waals surface area contributed by atoms with Crippen LogP contribution in [0.25, 0.3) is 39.0 Å². The minimum Gasteiger partial charge on any atom is -0.399 e. The van der Waals surface area contributed by atoms with Crippen LogP contribution in [0.2, 0.25) is 0 Å². The fourth-order valence-corrected chi connectivity index (χ4v) is 9.36. The second-order valence-electron chi connectivity index (χ2n) is 21.4. The predicted molar refractivity (Wildman–Crippen MR) is 246 cm³/mol. The van der Waals surface area contributed by atoms with E-state index in [-0.39, 0.29) is 21.7 Å². The number of rotatable bonds is 10. The van der Waals surface area contributed by atoms with Crippen molar-refractivity contribution in [1.29, 1.82) is 0 Å². The molecular weight excluding hydrogens is 679 g/mol. The molecule has 298 valence electrons. The van der Waals surface area contributed by atoms with Gasteiger partial charge in [-0.1, -0.05) is 149 Å². The molecule has 0 aromatic heterocycles. The lowest BCUT2D eigenvalue weighted by molar-refractivity contribution is 0.00578. The first-order valence-electron chi connectivity index (χ1n) is 20.8. The Morgan fingerprint density at radius 1 is 0.589 bits per heavy atom. The maximum absolute atomic E-state index is 6.66. The van der Waals surface area contributed by atoms with Crippen LogP contribution in [0.5, 0.6) is 0 Å². The number of hydrogen-bond acceptors (Lipinski definition) is 2. The quantitative estimate of drug-likeness (QED) is 0.119. The predicted octanol–water partition coefficient (Wildman–Crippen LogP) is 14.6. The Kier molecular flexibility index (Phi) is 11.8. The summed E-state index contributed by atoms with van der Waals surface area (Å²) in [5, 5.41) is 0. The van der Waals surface area contributed by atoms with Crippen LogP contribution < -0.4 is 5.46 Å². The van der Waals surface area contributed by atoms with Crippen LogP contribution in [-0.2, 0) is 20.1 Å². The molecule has 1 saturated heterocycles. The Hall–Kier alpha value is -3.66. The van der Waals surface area contributed by atoms with E-state index in [1.165, 1.54) is 55.6 Å². The van der Waals surface area contributed by atoms with Gasteiger partial charge in [-0.2, -0.15) is 0 Å². The van der Waals surface area contributed by atoms with Crippen molar-refractivity contribution in [3.05, 3.63) is 119 Å². The molecule has 0 unspecified atom stereocenters. The molecule has 2 nitrogen and oxygen atoms in total. The molecule has 4 aromatic rings. The third kappa shape index (κ3) is 9.21. The standard InChI is InChI=1S/C53H71BO2/c1-19-37(20-2)46-31-43(54-55-52(15,16)53(17,18)56-54)32-47(36(46)4)40-29-44(38-21-25-41(26-22-38)50(11,12)33-48(5,6)7)35(3)45(30-40)39-23-27-42(28-24-39)51(13,14)34-49(8,9)10/h19-32H,1,33-34H2,2-18H3/b37-20+. The van der Waals surface area contributed by atoms with Crippen LogP contribution in [0, 0.1) is 24.7 Å². The highest BCUT2D eigenvalue weighted by Gasteiger charge is 2.52. The Bertz CT molecular complexity index is 1980. The summed E-state index contributed by atoms with van der Waals surface area (Å²) in [6, 6.07) is 28.1. The summed E-state index contributed by atoms with van der Waals surface area (Å²) < 4.78 is 13.3. The van der Waals surface area contributed by atoms with Gasteiger partial charge < -0.3 is 9.31 Å². The van der Waals surface area contributed by atoms with Crippen LogP contribution in [0.1, 0.15) is 145 Å². The van der Waals surface area contributed by atoms with Gasteiger partial charge in [-0.15, -0.1) is 0 Å². The summed E-state index contributed by atoms with van der Waals surface area (Å²) in [4.78, 5) is 0. The monoisotopic (exact) mass is 751 g/mol. The average Bonchev–Trinajstić information content (AvgIpc) is 3.30. The summed E-state index contributed by atoms with van der Waals surface area (Å²) >= 11 is 0. The van der Waals surface area contributed by atoms with Crippen molar-refractivity contribution >= 4 is 18.2 Å². The molecule has 1 aliphatic heterocycles. The molecule has 4 aromatic carbocycles. The maximum Gasteiger partial charge on any atom is 0.494 e. The lowest BCUT2D eigenvalue weighted by Gasteiger charge is -2.33. The van der Waals surface area contributed by atoms with Crippen LogP contribution in [0.15, 0.2) is 91.5 Å². The molecule has 1 aliphatic rings. The van der Waals surface area contributed by atoms with Crippen molar-refractivity contribution < 1.29 is 9.31 Å². The van der Waals surface area contributed by atoms with Gasteiger partial charge in [-0.25, -0.2) is 0 Å². The van der Waals surface area contributed by atoms with Crippen LogP contribution in [0.4, 0.5) is 0 Å². The lowest BCUT2D eigenvalue weighted by Crippen LogP contribution is -2.41. The molecule has 0 spiro atoms. The van der Waals surface area contributed by atoms with Gasteiger partial charge in [0.05, 0.1) is 11.2 Å². The van der Waals surface area contributed by atoms with E-state index in [9.17, 15) is 0 Å². The van der Waals surface area contributed by atoms with Crippen molar-refractivity contribution in [3.63, 3.8) is 0 Å². The fraction of sp³-hybridized carbons (Fsp3) is 0.472. The molecule has 5 rings (SSSR count). The van der Waals surface area contributed by atoms with Gasteiger partial charge in [-0.3, -0.25) is 0 Å². The molecule has 0 N–H and O–H groups in total. The van der Waals surface area contributed by atoms with E-state index in [0.717, 1.165) is 29.4 Å². The average molecular weight is 751 g/mol. The Morgan fingerprint density at radius 2 is 0.982 bits per heavy atom. The molecule has 0 radical (unpaired) electrons. The highest BCUT2D eigenvalue weighted by Crippen LogP contribution is 2.43. The zero-order valence-corrected chi connectivity index (χ0v) is 38.1. The topological polar surface area (TPSA) is 18.5 Å². The van der Waals surface area contributed by atoms with Crippen LogP contribution >= 0.6 is 0 Å². The van der Waals surface area contributed by atoms with Crippen molar-refractivity contribution in [1.82, 2.24) is 0 Å². The lowest BCUT2D eigenvalue weighted by atomic mass is 9.72. The van der Waals surface area contributed by atoms with E-state index in [4.69, 9.17) is 9.31 Å². The van der Waals surface area contributed by atoms with Crippen molar-refractivity contribution in [2.45, 2.75) is 153 Å².